The number of aryl methyl sites for hydroxylation is 2. The smallest absolute Gasteiger partial charge is 0.317 e. The van der Waals surface area contributed by atoms with Crippen molar-refractivity contribution in [1.82, 2.24) is 20.0 Å². The lowest BCUT2D eigenvalue weighted by atomic mass is 10.2. The van der Waals surface area contributed by atoms with Gasteiger partial charge in [-0.2, -0.15) is 5.10 Å². The van der Waals surface area contributed by atoms with Gasteiger partial charge >= 0.3 is 6.03 Å². The summed E-state index contributed by atoms with van der Waals surface area (Å²) in [6.07, 6.45) is -0.134. The summed E-state index contributed by atoms with van der Waals surface area (Å²) in [4.78, 5) is 14.0. The number of amides is 2. The lowest BCUT2D eigenvalue weighted by Gasteiger charge is -2.16. The molecule has 2 rings (SSSR count). The lowest BCUT2D eigenvalue weighted by Crippen LogP contribution is -2.39. The van der Waals surface area contributed by atoms with Crippen molar-refractivity contribution in [3.8, 4) is 0 Å². The minimum Gasteiger partial charge on any atom is -0.377 e. The number of hydrogen-bond donors (Lipinski definition) is 1. The van der Waals surface area contributed by atoms with Gasteiger partial charge in [-0.05, 0) is 13.8 Å². The molecule has 0 bridgehead atoms. The fourth-order valence-corrected chi connectivity index (χ4v) is 2.71. The zero-order valence-electron chi connectivity index (χ0n) is 13.3. The molecule has 7 nitrogen and oxygen atoms in total. The van der Waals surface area contributed by atoms with Crippen LogP contribution in [0.1, 0.15) is 17.0 Å². The number of carbonyl (C=O) groups excluding carboxylic acids is 1. The number of likely N-dealkylation sites (tertiary alicyclic amines) is 1. The van der Waals surface area contributed by atoms with Crippen molar-refractivity contribution in [2.24, 2.45) is 7.05 Å². The van der Waals surface area contributed by atoms with Gasteiger partial charge in [0.05, 0.1) is 18.8 Å². The SMILES string of the molecule is CO[C@H]1CN(C(=O)NCc2c(C)nn(C)c2C)C[C@H]1OC. The molecule has 118 valence electrons. The van der Waals surface area contributed by atoms with E-state index in [9.17, 15) is 4.79 Å². The number of hydrogen-bond acceptors (Lipinski definition) is 4. The molecule has 1 saturated heterocycles. The number of urea groups is 1. The summed E-state index contributed by atoms with van der Waals surface area (Å²) in [6.45, 7) is 5.53. The third-order valence-corrected chi connectivity index (χ3v) is 4.18. The summed E-state index contributed by atoms with van der Waals surface area (Å²) < 4.78 is 12.5. The standard InChI is InChI=1S/C14H24N4O3/c1-9-11(10(2)17(3)16-9)6-15-14(19)18-7-12(20-4)13(8-18)21-5/h12-13H,6-8H2,1-5H3,(H,15,19)/t12-,13+. The van der Waals surface area contributed by atoms with Crippen molar-refractivity contribution in [1.29, 1.82) is 0 Å². The molecule has 0 aliphatic carbocycles. The maximum atomic E-state index is 12.2. The van der Waals surface area contributed by atoms with Crippen LogP contribution in [0, 0.1) is 13.8 Å². The monoisotopic (exact) mass is 296 g/mol. The van der Waals surface area contributed by atoms with Crippen LogP contribution < -0.4 is 5.32 Å². The number of carbonyl (C=O) groups is 1. The number of methoxy groups -OCH3 is 2. The normalized spacial score (nSPS) is 21.9. The highest BCUT2D eigenvalue weighted by atomic mass is 16.5. The van der Waals surface area contributed by atoms with Crippen molar-refractivity contribution in [3.63, 3.8) is 0 Å². The molecule has 7 heteroatoms. The van der Waals surface area contributed by atoms with E-state index < -0.39 is 0 Å². The Kier molecular flexibility index (Phi) is 4.84. The molecule has 1 aromatic heterocycles. The summed E-state index contributed by atoms with van der Waals surface area (Å²) in [5.74, 6) is 0. The molecule has 0 spiro atoms. The maximum Gasteiger partial charge on any atom is 0.317 e. The average Bonchev–Trinajstić information content (AvgIpc) is 2.99. The molecule has 0 aromatic carbocycles. The summed E-state index contributed by atoms with van der Waals surface area (Å²) in [6, 6.07) is -0.0979. The lowest BCUT2D eigenvalue weighted by molar-refractivity contribution is -0.00461. The third-order valence-electron chi connectivity index (χ3n) is 4.18. The van der Waals surface area contributed by atoms with E-state index in [1.54, 1.807) is 19.1 Å². The number of aromatic nitrogens is 2. The number of ether oxygens (including phenoxy) is 2. The molecule has 1 fully saturated rings. The first-order valence-corrected chi connectivity index (χ1v) is 7.05. The van der Waals surface area contributed by atoms with Crippen LogP contribution in [0.4, 0.5) is 4.79 Å². The predicted octanol–water partition coefficient (Wildman–Crippen LogP) is 0.592. The van der Waals surface area contributed by atoms with Gasteiger partial charge < -0.3 is 19.7 Å². The Morgan fingerprint density at radius 3 is 2.29 bits per heavy atom. The number of nitrogens with zero attached hydrogens (tertiary/aromatic N) is 3. The van der Waals surface area contributed by atoms with Gasteiger partial charge in [-0.15, -0.1) is 0 Å². The molecule has 1 aliphatic heterocycles. The van der Waals surface area contributed by atoms with Crippen molar-refractivity contribution < 1.29 is 14.3 Å². The summed E-state index contributed by atoms with van der Waals surface area (Å²) >= 11 is 0. The van der Waals surface area contributed by atoms with E-state index in [1.807, 2.05) is 25.6 Å². The highest BCUT2D eigenvalue weighted by Gasteiger charge is 2.35. The second kappa shape index (κ2) is 6.44. The van der Waals surface area contributed by atoms with Gasteiger partial charge in [-0.3, -0.25) is 4.68 Å². The van der Waals surface area contributed by atoms with Crippen LogP contribution in [-0.4, -0.2) is 60.2 Å². The maximum absolute atomic E-state index is 12.2. The van der Waals surface area contributed by atoms with Crippen molar-refractivity contribution >= 4 is 6.03 Å². The van der Waals surface area contributed by atoms with Gasteiger partial charge in [0.2, 0.25) is 0 Å². The van der Waals surface area contributed by atoms with E-state index in [0.29, 0.717) is 19.6 Å². The molecule has 0 unspecified atom stereocenters. The van der Waals surface area contributed by atoms with E-state index in [1.165, 1.54) is 0 Å². The zero-order chi connectivity index (χ0) is 15.6. The van der Waals surface area contributed by atoms with Crippen molar-refractivity contribution in [3.05, 3.63) is 17.0 Å². The van der Waals surface area contributed by atoms with E-state index in [0.717, 1.165) is 17.0 Å². The van der Waals surface area contributed by atoms with Gasteiger partial charge in [-0.1, -0.05) is 0 Å². The Bertz CT molecular complexity index is 503. The van der Waals surface area contributed by atoms with Crippen LogP contribution in [0.25, 0.3) is 0 Å². The molecule has 21 heavy (non-hydrogen) atoms. The molecular weight excluding hydrogens is 272 g/mol. The number of nitrogens with one attached hydrogen (secondary N) is 1. The molecule has 2 atom stereocenters. The second-order valence-corrected chi connectivity index (χ2v) is 5.38. The molecular formula is C14H24N4O3. The highest BCUT2D eigenvalue weighted by Crippen LogP contribution is 2.16. The fourth-order valence-electron chi connectivity index (χ4n) is 2.71. The van der Waals surface area contributed by atoms with E-state index in [4.69, 9.17) is 9.47 Å². The summed E-state index contributed by atoms with van der Waals surface area (Å²) in [5, 5.41) is 7.30. The van der Waals surface area contributed by atoms with Crippen LogP contribution in [0.15, 0.2) is 0 Å². The molecule has 2 amide bonds. The first-order chi connectivity index (χ1) is 9.97. The minimum absolute atomic E-state index is 0.0670. The quantitative estimate of drug-likeness (QED) is 0.883. The Morgan fingerprint density at radius 2 is 1.86 bits per heavy atom. The Labute approximate surface area is 125 Å². The van der Waals surface area contributed by atoms with Gasteiger partial charge in [0.15, 0.2) is 0 Å². The number of rotatable bonds is 4. The van der Waals surface area contributed by atoms with Crippen LogP contribution in [0.3, 0.4) is 0 Å². The van der Waals surface area contributed by atoms with Gasteiger partial charge in [-0.25, -0.2) is 4.79 Å². The minimum atomic E-state index is -0.0979. The molecule has 2 heterocycles. The van der Waals surface area contributed by atoms with Gasteiger partial charge in [0, 0.05) is 39.1 Å². The Hall–Kier alpha value is -1.60. The highest BCUT2D eigenvalue weighted by molar-refractivity contribution is 5.74. The molecule has 1 N–H and O–H groups in total. The van der Waals surface area contributed by atoms with Crippen LogP contribution in [0.2, 0.25) is 0 Å². The zero-order valence-corrected chi connectivity index (χ0v) is 13.3. The first kappa shape index (κ1) is 15.8. The van der Waals surface area contributed by atoms with E-state index >= 15 is 0 Å². The third kappa shape index (κ3) is 3.19. The van der Waals surface area contributed by atoms with Crippen molar-refractivity contribution in [2.45, 2.75) is 32.6 Å². The topological polar surface area (TPSA) is 68.6 Å². The average molecular weight is 296 g/mol. The van der Waals surface area contributed by atoms with Crippen molar-refractivity contribution in [2.75, 3.05) is 27.3 Å². The summed E-state index contributed by atoms with van der Waals surface area (Å²) in [5.41, 5.74) is 3.08. The van der Waals surface area contributed by atoms with Crippen LogP contribution in [-0.2, 0) is 23.1 Å². The van der Waals surface area contributed by atoms with Crippen LogP contribution >= 0.6 is 0 Å². The Balaban J connectivity index is 1.94. The molecule has 0 radical (unpaired) electrons. The van der Waals surface area contributed by atoms with E-state index in [-0.39, 0.29) is 18.2 Å². The van der Waals surface area contributed by atoms with Gasteiger partial charge in [0.25, 0.3) is 0 Å². The Morgan fingerprint density at radius 1 is 1.29 bits per heavy atom. The molecule has 0 saturated carbocycles. The second-order valence-electron chi connectivity index (χ2n) is 5.38. The fraction of sp³-hybridized carbons (Fsp3) is 0.714. The van der Waals surface area contributed by atoms with Crippen LogP contribution in [0.5, 0.6) is 0 Å². The largest absolute Gasteiger partial charge is 0.377 e. The van der Waals surface area contributed by atoms with Gasteiger partial charge in [0.1, 0.15) is 12.2 Å². The predicted molar refractivity (Wildman–Crippen MR) is 78.1 cm³/mol. The van der Waals surface area contributed by atoms with E-state index in [2.05, 4.69) is 10.4 Å². The summed E-state index contributed by atoms with van der Waals surface area (Å²) in [7, 11) is 5.18. The molecule has 1 aromatic rings. The molecule has 1 aliphatic rings. The first-order valence-electron chi connectivity index (χ1n) is 7.05.